The molecule has 27 heavy (non-hydrogen) atoms. The Hall–Kier alpha value is -3.26. The van der Waals surface area contributed by atoms with Crippen LogP contribution in [0.4, 0.5) is 14.3 Å². The van der Waals surface area contributed by atoms with Gasteiger partial charge in [-0.2, -0.15) is 5.10 Å². The Labute approximate surface area is 158 Å². The lowest BCUT2D eigenvalue weighted by Gasteiger charge is -2.04. The minimum Gasteiger partial charge on any atom is -0.334 e. The van der Waals surface area contributed by atoms with Crippen LogP contribution in [0.2, 0.25) is 0 Å². The second kappa shape index (κ2) is 7.16. The summed E-state index contributed by atoms with van der Waals surface area (Å²) in [5.74, 6) is -0.295. The van der Waals surface area contributed by atoms with Crippen LogP contribution in [0.15, 0.2) is 54.7 Å². The molecule has 8 heteroatoms. The largest absolute Gasteiger partial charge is 0.334 e. The number of benzene rings is 2. The van der Waals surface area contributed by atoms with Gasteiger partial charge in [-0.05, 0) is 43.3 Å². The van der Waals surface area contributed by atoms with E-state index < -0.39 is 0 Å². The molecule has 0 spiro atoms. The van der Waals surface area contributed by atoms with Gasteiger partial charge in [0.05, 0.1) is 21.6 Å². The lowest BCUT2D eigenvalue weighted by molar-refractivity contribution is 0.251. The molecule has 4 rings (SSSR count). The molecule has 0 fully saturated rings. The highest BCUT2D eigenvalue weighted by atomic mass is 32.1. The predicted molar refractivity (Wildman–Crippen MR) is 104 cm³/mol. The number of nitrogens with zero attached hydrogens (tertiary/aromatic N) is 3. The van der Waals surface area contributed by atoms with Crippen LogP contribution in [0.1, 0.15) is 11.3 Å². The summed E-state index contributed by atoms with van der Waals surface area (Å²) < 4.78 is 15.7. The highest BCUT2D eigenvalue weighted by Gasteiger charge is 2.10. The maximum absolute atomic E-state index is 13.1. The molecule has 2 aromatic heterocycles. The van der Waals surface area contributed by atoms with Gasteiger partial charge in [0.2, 0.25) is 0 Å². The summed E-state index contributed by atoms with van der Waals surface area (Å²) in [6, 6.07) is 13.5. The first-order valence-electron chi connectivity index (χ1n) is 8.30. The van der Waals surface area contributed by atoms with Crippen LogP contribution >= 0.6 is 11.3 Å². The zero-order valence-corrected chi connectivity index (χ0v) is 15.3. The van der Waals surface area contributed by atoms with Crippen LogP contribution < -0.4 is 10.6 Å². The number of hydrogen-bond donors (Lipinski definition) is 2. The third-order valence-corrected chi connectivity index (χ3v) is 5.00. The van der Waals surface area contributed by atoms with E-state index in [4.69, 9.17) is 0 Å². The molecule has 6 nitrogen and oxygen atoms in total. The van der Waals surface area contributed by atoms with E-state index in [1.807, 2.05) is 37.4 Å². The molecule has 0 unspecified atom stereocenters. The van der Waals surface area contributed by atoms with Gasteiger partial charge in [0.25, 0.3) is 0 Å². The van der Waals surface area contributed by atoms with Crippen LogP contribution in [-0.4, -0.2) is 20.8 Å². The average molecular weight is 381 g/mol. The third-order valence-electron chi connectivity index (χ3n) is 4.05. The molecule has 136 valence electrons. The minimum atomic E-state index is -0.331. The van der Waals surface area contributed by atoms with Crippen molar-refractivity contribution in [3.05, 3.63) is 71.8 Å². The summed E-state index contributed by atoms with van der Waals surface area (Å²) in [7, 11) is 0. The van der Waals surface area contributed by atoms with Crippen molar-refractivity contribution < 1.29 is 9.18 Å². The molecule has 2 aromatic carbocycles. The van der Waals surface area contributed by atoms with Gasteiger partial charge >= 0.3 is 6.03 Å². The van der Waals surface area contributed by atoms with E-state index in [-0.39, 0.29) is 11.8 Å². The van der Waals surface area contributed by atoms with E-state index in [0.717, 1.165) is 27.2 Å². The molecule has 0 aliphatic carbocycles. The molecule has 0 aliphatic rings. The molecule has 2 N–H and O–H groups in total. The SMILES string of the molecule is Cc1nn(-c2ccc(F)cc2)cc1CNC(=O)Nc1nc2ccccc2s1. The number of amides is 2. The smallest absolute Gasteiger partial charge is 0.321 e. The lowest BCUT2D eigenvalue weighted by Crippen LogP contribution is -2.28. The van der Waals surface area contributed by atoms with Crippen molar-refractivity contribution in [2.24, 2.45) is 0 Å². The first-order chi connectivity index (χ1) is 13.1. The zero-order chi connectivity index (χ0) is 18.8. The Bertz CT molecular complexity index is 1070. The van der Waals surface area contributed by atoms with Crippen LogP contribution in [0.5, 0.6) is 0 Å². The number of carbonyl (C=O) groups excluding carboxylic acids is 1. The molecule has 0 saturated heterocycles. The number of fused-ring (bicyclic) bond motifs is 1. The van der Waals surface area contributed by atoms with Crippen LogP contribution in [0.3, 0.4) is 0 Å². The Morgan fingerprint density at radius 1 is 1.19 bits per heavy atom. The molecule has 0 bridgehead atoms. The second-order valence-electron chi connectivity index (χ2n) is 5.96. The number of aryl methyl sites for hydroxylation is 1. The summed E-state index contributed by atoms with van der Waals surface area (Å²) in [5.41, 5.74) is 3.28. The number of urea groups is 1. The van der Waals surface area contributed by atoms with E-state index in [9.17, 15) is 9.18 Å². The lowest BCUT2D eigenvalue weighted by atomic mass is 10.2. The number of para-hydroxylation sites is 1. The van der Waals surface area contributed by atoms with Crippen molar-refractivity contribution in [2.45, 2.75) is 13.5 Å². The molecule has 2 amide bonds. The van der Waals surface area contributed by atoms with Gasteiger partial charge in [0, 0.05) is 18.3 Å². The van der Waals surface area contributed by atoms with Crippen molar-refractivity contribution in [1.29, 1.82) is 0 Å². The molecule has 0 radical (unpaired) electrons. The number of hydrogen-bond acceptors (Lipinski definition) is 4. The summed E-state index contributed by atoms with van der Waals surface area (Å²) in [6.45, 7) is 2.19. The molecule has 0 aliphatic heterocycles. The summed E-state index contributed by atoms with van der Waals surface area (Å²) in [4.78, 5) is 16.5. The van der Waals surface area contributed by atoms with Crippen molar-refractivity contribution in [2.75, 3.05) is 5.32 Å². The quantitative estimate of drug-likeness (QED) is 0.555. The number of aromatic nitrogens is 3. The summed E-state index contributed by atoms with van der Waals surface area (Å²) in [5, 5.41) is 10.5. The van der Waals surface area contributed by atoms with Crippen LogP contribution in [-0.2, 0) is 6.54 Å². The molecule has 0 saturated carbocycles. The van der Waals surface area contributed by atoms with Gasteiger partial charge in [0.1, 0.15) is 5.82 Å². The van der Waals surface area contributed by atoms with E-state index in [1.165, 1.54) is 23.5 Å². The van der Waals surface area contributed by atoms with E-state index in [1.54, 1.807) is 16.8 Å². The standard InChI is InChI=1S/C19H16FN5OS/c1-12-13(11-25(24-12)15-8-6-14(20)7-9-15)10-21-18(26)23-19-22-16-4-2-3-5-17(16)27-19/h2-9,11H,10H2,1H3,(H2,21,22,23,26). The van der Waals surface area contributed by atoms with Crippen molar-refractivity contribution >= 4 is 32.7 Å². The van der Waals surface area contributed by atoms with Gasteiger partial charge in [-0.1, -0.05) is 23.5 Å². The van der Waals surface area contributed by atoms with Gasteiger partial charge in [0.15, 0.2) is 5.13 Å². The minimum absolute atomic E-state index is 0.295. The van der Waals surface area contributed by atoms with Crippen LogP contribution in [0, 0.1) is 12.7 Å². The van der Waals surface area contributed by atoms with Gasteiger partial charge in [-0.25, -0.2) is 18.9 Å². The van der Waals surface area contributed by atoms with Gasteiger partial charge < -0.3 is 5.32 Å². The fraction of sp³-hybridized carbons (Fsp3) is 0.105. The zero-order valence-electron chi connectivity index (χ0n) is 14.4. The van der Waals surface area contributed by atoms with Gasteiger partial charge in [-0.15, -0.1) is 0 Å². The summed E-state index contributed by atoms with van der Waals surface area (Å²) in [6.07, 6.45) is 1.82. The number of anilines is 1. The van der Waals surface area contributed by atoms with Crippen molar-refractivity contribution in [3.8, 4) is 5.69 Å². The third kappa shape index (κ3) is 3.80. The second-order valence-corrected chi connectivity index (χ2v) is 6.99. The monoisotopic (exact) mass is 381 g/mol. The topological polar surface area (TPSA) is 71.8 Å². The van der Waals surface area contributed by atoms with Crippen LogP contribution in [0.25, 0.3) is 15.9 Å². The number of halogens is 1. The predicted octanol–water partition coefficient (Wildman–Crippen LogP) is 4.25. The van der Waals surface area contributed by atoms with E-state index in [0.29, 0.717) is 11.7 Å². The Morgan fingerprint density at radius 2 is 1.96 bits per heavy atom. The molecule has 0 atom stereocenters. The maximum atomic E-state index is 13.1. The van der Waals surface area contributed by atoms with E-state index in [2.05, 4.69) is 20.7 Å². The first kappa shape index (κ1) is 17.2. The fourth-order valence-corrected chi connectivity index (χ4v) is 3.50. The van der Waals surface area contributed by atoms with Crippen molar-refractivity contribution in [1.82, 2.24) is 20.1 Å². The maximum Gasteiger partial charge on any atom is 0.321 e. The fourth-order valence-electron chi connectivity index (χ4n) is 2.64. The first-order valence-corrected chi connectivity index (χ1v) is 9.11. The highest BCUT2D eigenvalue weighted by Crippen LogP contribution is 2.25. The molecule has 4 aromatic rings. The number of thiazole rings is 1. The molecular formula is C19H16FN5OS. The average Bonchev–Trinajstić information content (AvgIpc) is 3.23. The summed E-state index contributed by atoms with van der Waals surface area (Å²) >= 11 is 1.42. The van der Waals surface area contributed by atoms with E-state index >= 15 is 0 Å². The van der Waals surface area contributed by atoms with Gasteiger partial charge in [-0.3, -0.25) is 5.32 Å². The molecular weight excluding hydrogens is 365 g/mol. The van der Waals surface area contributed by atoms with Crippen molar-refractivity contribution in [3.63, 3.8) is 0 Å². The normalized spacial score (nSPS) is 10.9. The Morgan fingerprint density at radius 3 is 2.74 bits per heavy atom. The number of rotatable bonds is 4. The number of nitrogens with one attached hydrogen (secondary N) is 2. The Kier molecular flexibility index (Phi) is 4.55. The number of carbonyl (C=O) groups is 1. The Balaban J connectivity index is 1.40. The highest BCUT2D eigenvalue weighted by molar-refractivity contribution is 7.22. The molecule has 2 heterocycles.